The van der Waals surface area contributed by atoms with Gasteiger partial charge in [-0.1, -0.05) is 19.9 Å². The zero-order chi connectivity index (χ0) is 19.1. The number of aromatic nitrogens is 1. The molecule has 3 nitrogen and oxygen atoms in total. The van der Waals surface area contributed by atoms with Crippen LogP contribution >= 0.6 is 0 Å². The normalized spacial score (nSPS) is 11.4. The van der Waals surface area contributed by atoms with Crippen molar-refractivity contribution in [1.82, 2.24) is 0 Å². The fourth-order valence-electron chi connectivity index (χ4n) is 3.86. The van der Waals surface area contributed by atoms with Gasteiger partial charge in [-0.15, -0.1) is 0 Å². The van der Waals surface area contributed by atoms with Crippen LogP contribution in [-0.4, -0.2) is 0 Å². The van der Waals surface area contributed by atoms with Crippen LogP contribution in [0, 0.1) is 24.2 Å². The van der Waals surface area contributed by atoms with Gasteiger partial charge in [0.2, 0.25) is 5.69 Å². The van der Waals surface area contributed by atoms with E-state index in [0.717, 1.165) is 39.6 Å². The lowest BCUT2D eigenvalue weighted by Gasteiger charge is -2.06. The maximum atomic E-state index is 9.63. The number of hydrogen-bond donors (Lipinski definition) is 0. The van der Waals surface area contributed by atoms with Gasteiger partial charge in [-0.25, -0.2) is 4.57 Å². The first-order valence-electron chi connectivity index (χ1n) is 9.33. The summed E-state index contributed by atoms with van der Waals surface area (Å²) in [6.45, 7) is 6.51. The number of nitriles is 1. The monoisotopic (exact) mass is 355 g/mol. The molecule has 0 atom stereocenters. The Labute approximate surface area is 159 Å². The molecule has 0 saturated carbocycles. The van der Waals surface area contributed by atoms with Crippen LogP contribution in [0.5, 0.6) is 0 Å². The van der Waals surface area contributed by atoms with Crippen molar-refractivity contribution in [3.8, 4) is 17.3 Å². The molecular formula is C24H23N2O+. The summed E-state index contributed by atoms with van der Waals surface area (Å²) in [4.78, 5) is 0. The average molecular weight is 355 g/mol. The Morgan fingerprint density at radius 2 is 1.96 bits per heavy atom. The lowest BCUT2D eigenvalue weighted by Crippen LogP contribution is -2.30. The Morgan fingerprint density at radius 1 is 1.15 bits per heavy atom. The molecule has 2 aromatic carbocycles. The molecule has 3 heteroatoms. The minimum absolute atomic E-state index is 0.523. The van der Waals surface area contributed by atoms with Crippen LogP contribution in [0.25, 0.3) is 33.2 Å². The summed E-state index contributed by atoms with van der Waals surface area (Å²) in [6, 6.07) is 16.8. The molecule has 0 aliphatic rings. The molecule has 2 aromatic heterocycles. The lowest BCUT2D eigenvalue weighted by molar-refractivity contribution is -0.660. The van der Waals surface area contributed by atoms with Crippen LogP contribution in [0.2, 0.25) is 0 Å². The van der Waals surface area contributed by atoms with Gasteiger partial charge in [0, 0.05) is 22.9 Å². The molecule has 0 saturated heterocycles. The maximum absolute atomic E-state index is 9.63. The highest BCUT2D eigenvalue weighted by molar-refractivity contribution is 6.10. The highest BCUT2D eigenvalue weighted by Crippen LogP contribution is 2.37. The summed E-state index contributed by atoms with van der Waals surface area (Å²) in [7, 11) is 2.05. The van der Waals surface area contributed by atoms with Gasteiger partial charge in [0.15, 0.2) is 6.20 Å². The second-order valence-electron chi connectivity index (χ2n) is 7.65. The van der Waals surface area contributed by atoms with Crippen LogP contribution in [0.15, 0.2) is 53.1 Å². The number of aryl methyl sites for hydroxylation is 2. The van der Waals surface area contributed by atoms with Crippen molar-refractivity contribution < 1.29 is 8.98 Å². The zero-order valence-electron chi connectivity index (χ0n) is 16.2. The molecular weight excluding hydrogens is 332 g/mol. The Kier molecular flexibility index (Phi) is 4.20. The molecule has 0 fully saturated rings. The summed E-state index contributed by atoms with van der Waals surface area (Å²) in [5, 5.41) is 11.6. The third-order valence-electron chi connectivity index (χ3n) is 5.13. The van der Waals surface area contributed by atoms with Crippen molar-refractivity contribution in [3.05, 3.63) is 65.4 Å². The summed E-state index contributed by atoms with van der Waals surface area (Å²) < 4.78 is 8.44. The highest BCUT2D eigenvalue weighted by Gasteiger charge is 2.19. The summed E-state index contributed by atoms with van der Waals surface area (Å²) in [6.07, 6.45) is 2.98. The number of nitrogens with zero attached hydrogens (tertiary/aromatic N) is 2. The Hall–Kier alpha value is -3.12. The molecule has 0 aliphatic carbocycles. The molecule has 2 heterocycles. The number of pyridine rings is 1. The van der Waals surface area contributed by atoms with E-state index < -0.39 is 0 Å². The first kappa shape index (κ1) is 17.3. The van der Waals surface area contributed by atoms with Crippen LogP contribution in [0.4, 0.5) is 0 Å². The van der Waals surface area contributed by atoms with Crippen molar-refractivity contribution in [2.75, 3.05) is 0 Å². The van der Waals surface area contributed by atoms with Gasteiger partial charge in [0.25, 0.3) is 0 Å². The highest BCUT2D eigenvalue weighted by atomic mass is 16.3. The Morgan fingerprint density at radius 3 is 2.67 bits per heavy atom. The quantitative estimate of drug-likeness (QED) is 0.458. The minimum atomic E-state index is 0.523. The van der Waals surface area contributed by atoms with Gasteiger partial charge >= 0.3 is 0 Å². The van der Waals surface area contributed by atoms with Crippen molar-refractivity contribution in [1.29, 1.82) is 5.26 Å². The van der Waals surface area contributed by atoms with E-state index in [2.05, 4.69) is 49.6 Å². The number of rotatable bonds is 3. The largest absolute Gasteiger partial charge is 0.456 e. The molecule has 4 aromatic rings. The number of benzene rings is 2. The smallest absolute Gasteiger partial charge is 0.212 e. The maximum Gasteiger partial charge on any atom is 0.212 e. The van der Waals surface area contributed by atoms with Gasteiger partial charge in [0.1, 0.15) is 18.2 Å². The molecule has 0 N–H and O–H groups in total. The number of furan rings is 1. The first-order valence-corrected chi connectivity index (χ1v) is 9.33. The van der Waals surface area contributed by atoms with Crippen LogP contribution < -0.4 is 4.57 Å². The van der Waals surface area contributed by atoms with E-state index in [1.165, 1.54) is 11.1 Å². The fourth-order valence-corrected chi connectivity index (χ4v) is 3.86. The fraction of sp³-hybridized carbons (Fsp3) is 0.250. The molecule has 134 valence electrons. The topological polar surface area (TPSA) is 40.8 Å². The van der Waals surface area contributed by atoms with Gasteiger partial charge in [0.05, 0.1) is 17.2 Å². The molecule has 0 aliphatic heterocycles. The molecule has 0 spiro atoms. The van der Waals surface area contributed by atoms with E-state index in [9.17, 15) is 5.26 Å². The average Bonchev–Trinajstić information content (AvgIpc) is 3.00. The third kappa shape index (κ3) is 2.88. The van der Waals surface area contributed by atoms with Crippen LogP contribution in [0.3, 0.4) is 0 Å². The Balaban J connectivity index is 2.05. The standard InChI is InChI=1S/C24H23N2O/c1-15(2)11-17-8-9-18(14-25)23-20-12-16(3)19(13-22(20)27-24(17)23)21-7-5-6-10-26(21)4/h5-10,12-13,15H,11H2,1-4H3/q+1. The minimum Gasteiger partial charge on any atom is -0.456 e. The van der Waals surface area contributed by atoms with E-state index in [-0.39, 0.29) is 0 Å². The summed E-state index contributed by atoms with van der Waals surface area (Å²) >= 11 is 0. The van der Waals surface area contributed by atoms with Crippen molar-refractivity contribution in [3.63, 3.8) is 0 Å². The van der Waals surface area contributed by atoms with Crippen molar-refractivity contribution in [2.45, 2.75) is 27.2 Å². The van der Waals surface area contributed by atoms with E-state index >= 15 is 0 Å². The molecule has 0 radical (unpaired) electrons. The zero-order valence-corrected chi connectivity index (χ0v) is 16.2. The molecule has 0 amide bonds. The molecule has 27 heavy (non-hydrogen) atoms. The van der Waals surface area contributed by atoms with Gasteiger partial charge in [-0.3, -0.25) is 0 Å². The number of fused-ring (bicyclic) bond motifs is 3. The molecule has 0 unspecified atom stereocenters. The third-order valence-corrected chi connectivity index (χ3v) is 5.13. The Bertz CT molecular complexity index is 1210. The first-order chi connectivity index (χ1) is 13.0. The predicted molar refractivity (Wildman–Crippen MR) is 108 cm³/mol. The summed E-state index contributed by atoms with van der Waals surface area (Å²) in [5.41, 5.74) is 6.99. The SMILES string of the molecule is Cc1cc2c(cc1-c1cccc[n+]1C)oc1c(CC(C)C)ccc(C#N)c12. The summed E-state index contributed by atoms with van der Waals surface area (Å²) in [5.74, 6) is 0.523. The van der Waals surface area contributed by atoms with E-state index in [1.54, 1.807) is 0 Å². The van der Waals surface area contributed by atoms with Gasteiger partial charge in [-0.05, 0) is 54.7 Å². The van der Waals surface area contributed by atoms with E-state index in [1.807, 2.05) is 37.5 Å². The second-order valence-corrected chi connectivity index (χ2v) is 7.65. The van der Waals surface area contributed by atoms with E-state index in [4.69, 9.17) is 4.42 Å². The van der Waals surface area contributed by atoms with Gasteiger partial charge in [-0.2, -0.15) is 5.26 Å². The van der Waals surface area contributed by atoms with Gasteiger partial charge < -0.3 is 4.42 Å². The number of hydrogen-bond acceptors (Lipinski definition) is 2. The lowest BCUT2D eigenvalue weighted by atomic mass is 9.96. The molecule has 4 rings (SSSR count). The second kappa shape index (κ2) is 6.55. The molecule has 0 bridgehead atoms. The van der Waals surface area contributed by atoms with Crippen molar-refractivity contribution >= 4 is 21.9 Å². The van der Waals surface area contributed by atoms with E-state index in [0.29, 0.717) is 11.5 Å². The predicted octanol–water partition coefficient (Wildman–Crippen LogP) is 5.46. The van der Waals surface area contributed by atoms with Crippen LogP contribution in [0.1, 0.15) is 30.5 Å². The van der Waals surface area contributed by atoms with Crippen LogP contribution in [-0.2, 0) is 13.5 Å². The van der Waals surface area contributed by atoms with Crippen molar-refractivity contribution in [2.24, 2.45) is 13.0 Å².